The Balaban J connectivity index is 0.00000225. The lowest BCUT2D eigenvalue weighted by Crippen LogP contribution is -2.40. The van der Waals surface area contributed by atoms with E-state index < -0.39 is 10.0 Å². The molecule has 2 fully saturated rings. The number of aliphatic imine (C=N–C) groups is 1. The number of thiophene rings is 1. The number of halogens is 1. The van der Waals surface area contributed by atoms with Gasteiger partial charge in [0.15, 0.2) is 5.96 Å². The van der Waals surface area contributed by atoms with Gasteiger partial charge in [-0.05, 0) is 30.9 Å². The van der Waals surface area contributed by atoms with Crippen LogP contribution >= 0.6 is 35.3 Å². The Bertz CT molecular complexity index is 683. The van der Waals surface area contributed by atoms with Crippen LogP contribution in [0.1, 0.15) is 24.1 Å². The van der Waals surface area contributed by atoms with Crippen LogP contribution in [0.15, 0.2) is 21.3 Å². The van der Waals surface area contributed by atoms with E-state index in [9.17, 15) is 8.42 Å². The van der Waals surface area contributed by atoms with Crippen molar-refractivity contribution in [2.75, 3.05) is 32.8 Å². The number of sulfonamides is 1. The molecule has 0 spiro atoms. The Morgan fingerprint density at radius 1 is 1.36 bits per heavy atom. The number of guanidine groups is 1. The van der Waals surface area contributed by atoms with Gasteiger partial charge in [0, 0.05) is 24.5 Å². The maximum Gasteiger partial charge on any atom is 0.252 e. The number of nitrogens with two attached hydrogens (primary N) is 1. The van der Waals surface area contributed by atoms with E-state index in [-0.39, 0.29) is 24.0 Å². The summed E-state index contributed by atoms with van der Waals surface area (Å²) in [5.41, 5.74) is 5.86. The fraction of sp³-hybridized carbons (Fsp3) is 0.667. The van der Waals surface area contributed by atoms with Gasteiger partial charge in [0.1, 0.15) is 4.21 Å². The van der Waals surface area contributed by atoms with Crippen LogP contribution in [0.5, 0.6) is 0 Å². The third-order valence-electron chi connectivity index (χ3n) is 4.40. The van der Waals surface area contributed by atoms with E-state index in [1.807, 2.05) is 0 Å². The van der Waals surface area contributed by atoms with Crippen molar-refractivity contribution >= 4 is 51.3 Å². The summed E-state index contributed by atoms with van der Waals surface area (Å²) in [6.07, 6.45) is 3.82. The zero-order valence-corrected chi connectivity index (χ0v) is 18.0. The smallest absolute Gasteiger partial charge is 0.252 e. The fourth-order valence-electron chi connectivity index (χ4n) is 2.66. The molecule has 0 bridgehead atoms. The van der Waals surface area contributed by atoms with Crippen LogP contribution in [0.2, 0.25) is 0 Å². The highest BCUT2D eigenvalue weighted by Crippen LogP contribution is 2.26. The van der Waals surface area contributed by atoms with Gasteiger partial charge in [-0.2, -0.15) is 4.31 Å². The summed E-state index contributed by atoms with van der Waals surface area (Å²) in [6.45, 7) is 2.98. The van der Waals surface area contributed by atoms with E-state index in [0.29, 0.717) is 48.9 Å². The second kappa shape index (κ2) is 9.49. The first kappa shape index (κ1) is 20.9. The minimum absolute atomic E-state index is 0. The van der Waals surface area contributed by atoms with Gasteiger partial charge in [0.05, 0.1) is 19.8 Å². The van der Waals surface area contributed by atoms with Crippen LogP contribution in [-0.4, -0.2) is 51.5 Å². The predicted octanol–water partition coefficient (Wildman–Crippen LogP) is 1.59. The minimum Gasteiger partial charge on any atom is -0.379 e. The number of hydrogen-bond donors (Lipinski definition) is 2. The molecule has 1 aliphatic heterocycles. The molecule has 1 aliphatic carbocycles. The molecule has 0 aromatic carbocycles. The van der Waals surface area contributed by atoms with Crippen molar-refractivity contribution in [1.82, 2.24) is 9.62 Å². The number of rotatable bonds is 6. The molecule has 3 rings (SSSR count). The van der Waals surface area contributed by atoms with Gasteiger partial charge < -0.3 is 15.8 Å². The molecule has 10 heteroatoms. The van der Waals surface area contributed by atoms with Gasteiger partial charge in [0.2, 0.25) is 0 Å². The zero-order chi connectivity index (χ0) is 17.0. The van der Waals surface area contributed by atoms with Crippen LogP contribution in [0, 0.1) is 5.92 Å². The molecule has 1 saturated carbocycles. The lowest BCUT2D eigenvalue weighted by Gasteiger charge is -2.25. The van der Waals surface area contributed by atoms with E-state index in [1.54, 1.807) is 12.1 Å². The number of nitrogens with zero attached hydrogens (tertiary/aromatic N) is 2. The normalized spacial score (nSPS) is 19.9. The average Bonchev–Trinajstić information content (AvgIpc) is 3.02. The molecule has 1 aromatic heterocycles. The van der Waals surface area contributed by atoms with E-state index in [1.165, 1.54) is 34.9 Å². The highest BCUT2D eigenvalue weighted by Gasteiger charge is 2.27. The third-order valence-corrected chi connectivity index (χ3v) is 7.84. The first-order valence-electron chi connectivity index (χ1n) is 8.26. The van der Waals surface area contributed by atoms with Crippen molar-refractivity contribution < 1.29 is 13.2 Å². The van der Waals surface area contributed by atoms with Gasteiger partial charge in [-0.1, -0.05) is 6.42 Å². The summed E-state index contributed by atoms with van der Waals surface area (Å²) >= 11 is 1.25. The van der Waals surface area contributed by atoms with E-state index in [4.69, 9.17) is 10.5 Å². The fourth-order valence-corrected chi connectivity index (χ4v) is 5.50. The van der Waals surface area contributed by atoms with E-state index in [0.717, 1.165) is 11.4 Å². The maximum atomic E-state index is 12.6. The van der Waals surface area contributed by atoms with Gasteiger partial charge >= 0.3 is 0 Å². The Labute approximate surface area is 170 Å². The molecule has 2 aliphatic rings. The van der Waals surface area contributed by atoms with E-state index >= 15 is 0 Å². The molecular formula is C15H25IN4O3S2. The van der Waals surface area contributed by atoms with Crippen LogP contribution in [-0.2, 0) is 21.3 Å². The summed E-state index contributed by atoms with van der Waals surface area (Å²) in [5.74, 6) is 1.14. The highest BCUT2D eigenvalue weighted by molar-refractivity contribution is 14.0. The second-order valence-electron chi connectivity index (χ2n) is 6.12. The lowest BCUT2D eigenvalue weighted by atomic mass is 9.85. The van der Waals surface area contributed by atoms with Gasteiger partial charge in [-0.25, -0.2) is 13.4 Å². The van der Waals surface area contributed by atoms with Gasteiger partial charge in [-0.15, -0.1) is 35.3 Å². The molecule has 1 aromatic rings. The first-order chi connectivity index (χ1) is 11.6. The highest BCUT2D eigenvalue weighted by atomic mass is 127. The Kier molecular flexibility index (Phi) is 7.92. The quantitative estimate of drug-likeness (QED) is 0.352. The molecule has 0 unspecified atom stereocenters. The van der Waals surface area contributed by atoms with Gasteiger partial charge in [-0.3, -0.25) is 0 Å². The van der Waals surface area contributed by atoms with Crippen LogP contribution in [0.25, 0.3) is 0 Å². The van der Waals surface area contributed by atoms with Gasteiger partial charge in [0.25, 0.3) is 10.0 Å². The predicted molar refractivity (Wildman–Crippen MR) is 110 cm³/mol. The number of hydrogen-bond acceptors (Lipinski definition) is 5. The standard InChI is InChI=1S/C15H24N4O3S2.HI/c16-15(17-10-12-2-1-3-12)18-11-13-4-5-14(23-13)24(20,21)19-6-8-22-9-7-19;/h4-5,12H,1-3,6-11H2,(H3,16,17,18);1H. The van der Waals surface area contributed by atoms with Crippen molar-refractivity contribution in [3.8, 4) is 0 Å². The second-order valence-corrected chi connectivity index (χ2v) is 9.45. The van der Waals surface area contributed by atoms with Crippen LogP contribution in [0.4, 0.5) is 0 Å². The summed E-state index contributed by atoms with van der Waals surface area (Å²) in [6, 6.07) is 3.46. The van der Waals surface area contributed by atoms with Crippen molar-refractivity contribution in [3.63, 3.8) is 0 Å². The average molecular weight is 500 g/mol. The third kappa shape index (κ3) is 5.52. The SMILES string of the molecule is I.NC(=NCc1ccc(S(=O)(=O)N2CCOCC2)s1)NCC1CCC1. The Morgan fingerprint density at radius 2 is 2.08 bits per heavy atom. The summed E-state index contributed by atoms with van der Waals surface area (Å²) in [5, 5.41) is 3.14. The summed E-state index contributed by atoms with van der Waals surface area (Å²) in [4.78, 5) is 5.18. The molecule has 0 radical (unpaired) electrons. The minimum atomic E-state index is -3.42. The zero-order valence-electron chi connectivity index (χ0n) is 14.0. The van der Waals surface area contributed by atoms with Crippen molar-refractivity contribution in [2.45, 2.75) is 30.0 Å². The monoisotopic (exact) mass is 500 g/mol. The molecule has 25 heavy (non-hydrogen) atoms. The molecule has 7 nitrogen and oxygen atoms in total. The summed E-state index contributed by atoms with van der Waals surface area (Å²) in [7, 11) is -3.42. The maximum absolute atomic E-state index is 12.6. The summed E-state index contributed by atoms with van der Waals surface area (Å²) < 4.78 is 32.2. The van der Waals surface area contributed by atoms with Crippen molar-refractivity contribution in [2.24, 2.45) is 16.6 Å². The van der Waals surface area contributed by atoms with E-state index in [2.05, 4.69) is 10.3 Å². The molecule has 2 heterocycles. The largest absolute Gasteiger partial charge is 0.379 e. The molecular weight excluding hydrogens is 475 g/mol. The number of ether oxygens (including phenoxy) is 1. The van der Waals surface area contributed by atoms with Crippen LogP contribution in [0.3, 0.4) is 0 Å². The first-order valence-corrected chi connectivity index (χ1v) is 10.5. The molecule has 0 atom stereocenters. The van der Waals surface area contributed by atoms with Crippen LogP contribution < -0.4 is 11.1 Å². The van der Waals surface area contributed by atoms with Crippen molar-refractivity contribution in [3.05, 3.63) is 17.0 Å². The molecule has 142 valence electrons. The topological polar surface area (TPSA) is 97.0 Å². The van der Waals surface area contributed by atoms with Crippen molar-refractivity contribution in [1.29, 1.82) is 0 Å². The molecule has 3 N–H and O–H groups in total. The lowest BCUT2D eigenvalue weighted by molar-refractivity contribution is 0.0731. The Hall–Kier alpha value is -0.430. The molecule has 0 amide bonds. The number of morpholine rings is 1. The molecule has 1 saturated heterocycles. The number of nitrogens with one attached hydrogen (secondary N) is 1. The Morgan fingerprint density at radius 3 is 2.72 bits per heavy atom.